The predicted molar refractivity (Wildman–Crippen MR) is 73.3 cm³/mol. The molecule has 2 aliphatic carbocycles. The molecule has 3 atom stereocenters. The van der Waals surface area contributed by atoms with Crippen LogP contribution in [-0.2, 0) is 0 Å². The Morgan fingerprint density at radius 2 is 2.16 bits per heavy atom. The highest BCUT2D eigenvalue weighted by Gasteiger charge is 2.62. The summed E-state index contributed by atoms with van der Waals surface area (Å²) in [5.74, 6) is 1.40. The summed E-state index contributed by atoms with van der Waals surface area (Å²) < 4.78 is 6.12. The first-order valence-corrected chi connectivity index (χ1v) is 7.05. The van der Waals surface area contributed by atoms with E-state index in [1.54, 1.807) is 18.3 Å². The average molecular weight is 259 g/mol. The minimum absolute atomic E-state index is 0.239. The van der Waals surface area contributed by atoms with Gasteiger partial charge in [-0.2, -0.15) is 0 Å². The monoisotopic (exact) mass is 259 g/mol. The lowest BCUT2D eigenvalue weighted by Gasteiger charge is -2.38. The van der Waals surface area contributed by atoms with Crippen molar-refractivity contribution < 1.29 is 9.53 Å². The Labute approximate surface area is 114 Å². The van der Waals surface area contributed by atoms with Crippen molar-refractivity contribution in [3.63, 3.8) is 0 Å². The van der Waals surface area contributed by atoms with E-state index in [4.69, 9.17) is 4.74 Å². The molecule has 0 N–H and O–H groups in total. The van der Waals surface area contributed by atoms with Crippen LogP contribution in [0, 0.1) is 16.7 Å². The van der Waals surface area contributed by atoms with E-state index in [0.717, 1.165) is 18.6 Å². The van der Waals surface area contributed by atoms with Gasteiger partial charge in [0.25, 0.3) is 0 Å². The van der Waals surface area contributed by atoms with Crippen molar-refractivity contribution in [2.24, 2.45) is 16.7 Å². The molecule has 3 heteroatoms. The van der Waals surface area contributed by atoms with Crippen LogP contribution in [0.1, 0.15) is 50.4 Å². The van der Waals surface area contributed by atoms with E-state index in [-0.39, 0.29) is 11.5 Å². The van der Waals surface area contributed by atoms with Crippen molar-refractivity contribution in [2.45, 2.75) is 46.1 Å². The van der Waals surface area contributed by atoms with Gasteiger partial charge in [0.1, 0.15) is 6.10 Å². The number of fused-ring (bicyclic) bond motifs is 2. The zero-order chi connectivity index (χ0) is 13.7. The number of hydrogen-bond acceptors (Lipinski definition) is 3. The Morgan fingerprint density at radius 3 is 2.63 bits per heavy atom. The third-order valence-electron chi connectivity index (χ3n) is 5.87. The molecule has 2 fully saturated rings. The van der Waals surface area contributed by atoms with Crippen LogP contribution >= 0.6 is 0 Å². The molecule has 19 heavy (non-hydrogen) atoms. The zero-order valence-electron chi connectivity index (χ0n) is 11.8. The number of aromatic nitrogens is 1. The number of pyridine rings is 1. The van der Waals surface area contributed by atoms with Crippen LogP contribution in [-0.4, -0.2) is 17.4 Å². The molecule has 3 unspecified atom stereocenters. The molecule has 1 heterocycles. The molecule has 0 spiro atoms. The van der Waals surface area contributed by atoms with E-state index < -0.39 is 0 Å². The van der Waals surface area contributed by atoms with Gasteiger partial charge in [0, 0.05) is 23.2 Å². The first kappa shape index (κ1) is 12.6. The van der Waals surface area contributed by atoms with Crippen LogP contribution in [0.2, 0.25) is 0 Å². The fourth-order valence-corrected chi connectivity index (χ4v) is 3.99. The van der Waals surface area contributed by atoms with Crippen LogP contribution in [0.3, 0.4) is 0 Å². The Balaban J connectivity index is 1.79. The van der Waals surface area contributed by atoms with Gasteiger partial charge in [0.2, 0.25) is 5.88 Å². The van der Waals surface area contributed by atoms with Gasteiger partial charge in [-0.1, -0.05) is 20.8 Å². The molecule has 102 valence electrons. The molecule has 2 aliphatic rings. The minimum atomic E-state index is 0.239. The lowest BCUT2D eigenvalue weighted by atomic mass is 9.70. The SMILES string of the molecule is CC1(C)C2CCC1(C)C(Oc1ccc(C=O)cn1)C2. The third-order valence-corrected chi connectivity index (χ3v) is 5.87. The largest absolute Gasteiger partial charge is 0.474 e. The van der Waals surface area contributed by atoms with Gasteiger partial charge in [-0.05, 0) is 36.7 Å². The highest BCUT2D eigenvalue weighted by molar-refractivity contribution is 5.73. The third kappa shape index (κ3) is 1.71. The molecule has 2 saturated carbocycles. The van der Waals surface area contributed by atoms with Gasteiger partial charge in [-0.25, -0.2) is 4.98 Å². The highest BCUT2D eigenvalue weighted by Crippen LogP contribution is 2.66. The Morgan fingerprint density at radius 1 is 1.37 bits per heavy atom. The van der Waals surface area contributed by atoms with Crippen molar-refractivity contribution in [1.29, 1.82) is 0 Å². The van der Waals surface area contributed by atoms with Crippen molar-refractivity contribution >= 4 is 6.29 Å². The van der Waals surface area contributed by atoms with E-state index in [1.807, 2.05) is 0 Å². The van der Waals surface area contributed by atoms with Gasteiger partial charge >= 0.3 is 0 Å². The predicted octanol–water partition coefficient (Wildman–Crippen LogP) is 3.49. The van der Waals surface area contributed by atoms with Crippen LogP contribution in [0.15, 0.2) is 18.3 Å². The first-order valence-electron chi connectivity index (χ1n) is 7.05. The van der Waals surface area contributed by atoms with Gasteiger partial charge < -0.3 is 4.74 Å². The summed E-state index contributed by atoms with van der Waals surface area (Å²) in [5.41, 5.74) is 1.18. The van der Waals surface area contributed by atoms with Gasteiger partial charge in [0.15, 0.2) is 6.29 Å². The van der Waals surface area contributed by atoms with E-state index >= 15 is 0 Å². The van der Waals surface area contributed by atoms with E-state index in [0.29, 0.717) is 16.9 Å². The molecular formula is C16H21NO2. The summed E-state index contributed by atoms with van der Waals surface area (Å²) in [6, 6.07) is 3.56. The molecule has 0 amide bonds. The fourth-order valence-electron chi connectivity index (χ4n) is 3.99. The number of nitrogens with zero attached hydrogens (tertiary/aromatic N) is 1. The molecule has 0 saturated heterocycles. The second-order valence-electron chi connectivity index (χ2n) is 6.76. The summed E-state index contributed by atoms with van der Waals surface area (Å²) in [5, 5.41) is 0. The second kappa shape index (κ2) is 4.06. The van der Waals surface area contributed by atoms with E-state index in [2.05, 4.69) is 25.8 Å². The average Bonchev–Trinajstić information content (AvgIpc) is 2.73. The summed E-state index contributed by atoms with van der Waals surface area (Å²) in [7, 11) is 0. The second-order valence-corrected chi connectivity index (χ2v) is 6.76. The number of rotatable bonds is 3. The molecule has 0 aromatic carbocycles. The number of aldehydes is 1. The van der Waals surface area contributed by atoms with Crippen LogP contribution in [0.25, 0.3) is 0 Å². The molecule has 0 radical (unpaired) electrons. The number of carbonyl (C=O) groups is 1. The topological polar surface area (TPSA) is 39.2 Å². The number of hydrogen-bond donors (Lipinski definition) is 0. The van der Waals surface area contributed by atoms with Crippen molar-refractivity contribution in [3.05, 3.63) is 23.9 Å². The molecular weight excluding hydrogens is 238 g/mol. The summed E-state index contributed by atoms with van der Waals surface area (Å²) in [4.78, 5) is 14.8. The molecule has 3 rings (SSSR count). The summed E-state index contributed by atoms with van der Waals surface area (Å²) >= 11 is 0. The zero-order valence-corrected chi connectivity index (χ0v) is 11.8. The lowest BCUT2D eigenvalue weighted by Crippen LogP contribution is -2.39. The summed E-state index contributed by atoms with van der Waals surface area (Å²) in [6.45, 7) is 7.10. The number of ether oxygens (including phenoxy) is 1. The highest BCUT2D eigenvalue weighted by atomic mass is 16.5. The Kier molecular flexibility index (Phi) is 2.70. The molecule has 0 aliphatic heterocycles. The molecule has 3 nitrogen and oxygen atoms in total. The number of carbonyl (C=O) groups excluding carboxylic acids is 1. The van der Waals surface area contributed by atoms with Crippen molar-refractivity contribution in [1.82, 2.24) is 4.98 Å². The first-order chi connectivity index (χ1) is 8.97. The Bertz CT molecular complexity index is 494. The fraction of sp³-hybridized carbons (Fsp3) is 0.625. The molecule has 1 aromatic heterocycles. The quantitative estimate of drug-likeness (QED) is 0.780. The maximum atomic E-state index is 10.6. The normalized spacial score (nSPS) is 35.3. The lowest BCUT2D eigenvalue weighted by molar-refractivity contribution is 0.0273. The maximum Gasteiger partial charge on any atom is 0.213 e. The minimum Gasteiger partial charge on any atom is -0.474 e. The van der Waals surface area contributed by atoms with Crippen LogP contribution < -0.4 is 4.74 Å². The van der Waals surface area contributed by atoms with E-state index in [9.17, 15) is 4.79 Å². The Hall–Kier alpha value is -1.38. The standard InChI is InChI=1S/C16H21NO2/c1-15(2)12-6-7-16(15,3)13(8-12)19-14-5-4-11(10-18)9-17-14/h4-5,9-10,12-13H,6-8H2,1-3H3. The molecule has 2 bridgehead atoms. The van der Waals surface area contributed by atoms with E-state index in [1.165, 1.54) is 12.8 Å². The van der Waals surface area contributed by atoms with Crippen molar-refractivity contribution in [2.75, 3.05) is 0 Å². The van der Waals surface area contributed by atoms with Gasteiger partial charge in [-0.15, -0.1) is 0 Å². The summed E-state index contributed by atoms with van der Waals surface area (Å²) in [6.07, 6.45) is 6.31. The van der Waals surface area contributed by atoms with Gasteiger partial charge in [-0.3, -0.25) is 4.79 Å². The van der Waals surface area contributed by atoms with Gasteiger partial charge in [0.05, 0.1) is 0 Å². The van der Waals surface area contributed by atoms with Crippen molar-refractivity contribution in [3.8, 4) is 5.88 Å². The smallest absolute Gasteiger partial charge is 0.213 e. The van der Waals surface area contributed by atoms with Crippen LogP contribution in [0.5, 0.6) is 5.88 Å². The maximum absolute atomic E-state index is 10.6. The van der Waals surface area contributed by atoms with Crippen LogP contribution in [0.4, 0.5) is 0 Å². The molecule has 1 aromatic rings.